The number of anilines is 1. The lowest BCUT2D eigenvalue weighted by atomic mass is 10.2. The Hall–Kier alpha value is -3.44. The van der Waals surface area contributed by atoms with Crippen molar-refractivity contribution >= 4 is 33.5 Å². The van der Waals surface area contributed by atoms with Gasteiger partial charge in [-0.3, -0.25) is 14.4 Å². The van der Waals surface area contributed by atoms with Crippen molar-refractivity contribution in [2.75, 3.05) is 25.6 Å². The maximum atomic E-state index is 12.1. The quantitative estimate of drug-likeness (QED) is 0.489. The first kappa shape index (κ1) is 22.8. The summed E-state index contributed by atoms with van der Waals surface area (Å²) in [5.74, 6) is -1.27. The van der Waals surface area contributed by atoms with Crippen molar-refractivity contribution in [2.45, 2.75) is 11.3 Å². The lowest BCUT2D eigenvalue weighted by Gasteiger charge is -2.09. The van der Waals surface area contributed by atoms with Crippen LogP contribution in [0, 0.1) is 0 Å². The lowest BCUT2D eigenvalue weighted by Crippen LogP contribution is -2.28. The van der Waals surface area contributed by atoms with Crippen LogP contribution in [0.5, 0.6) is 5.75 Å². The molecule has 30 heavy (non-hydrogen) atoms. The van der Waals surface area contributed by atoms with Gasteiger partial charge < -0.3 is 20.1 Å². The first-order valence-electron chi connectivity index (χ1n) is 8.70. The summed E-state index contributed by atoms with van der Waals surface area (Å²) in [5.41, 5.74) is 0.647. The summed E-state index contributed by atoms with van der Waals surface area (Å²) in [7, 11) is -2.38. The summed E-state index contributed by atoms with van der Waals surface area (Å²) in [6.07, 6.45) is -0.128. The van der Waals surface area contributed by atoms with Crippen LogP contribution in [0.2, 0.25) is 0 Å². The number of esters is 1. The van der Waals surface area contributed by atoms with Gasteiger partial charge in [0, 0.05) is 12.2 Å². The van der Waals surface area contributed by atoms with Crippen LogP contribution in [-0.4, -0.2) is 46.5 Å². The number of para-hydroxylation sites is 1. The summed E-state index contributed by atoms with van der Waals surface area (Å²) in [5, 5.41) is 10.0. The molecule has 0 aliphatic heterocycles. The zero-order valence-corrected chi connectivity index (χ0v) is 16.9. The van der Waals surface area contributed by atoms with Crippen molar-refractivity contribution in [2.24, 2.45) is 5.14 Å². The maximum absolute atomic E-state index is 12.1. The van der Waals surface area contributed by atoms with E-state index in [4.69, 9.17) is 14.6 Å². The monoisotopic (exact) mass is 435 g/mol. The molecule has 0 aliphatic carbocycles. The number of hydrogen-bond donors (Lipinski definition) is 3. The van der Waals surface area contributed by atoms with Crippen molar-refractivity contribution in [3.05, 3.63) is 54.1 Å². The topological polar surface area (TPSA) is 154 Å². The Morgan fingerprint density at radius 3 is 2.33 bits per heavy atom. The summed E-state index contributed by atoms with van der Waals surface area (Å²) < 4.78 is 32.3. The number of nitrogens with two attached hydrogens (primary N) is 1. The Morgan fingerprint density at radius 1 is 1.03 bits per heavy atom. The molecule has 2 rings (SSSR count). The molecule has 0 radical (unpaired) electrons. The van der Waals surface area contributed by atoms with Crippen molar-refractivity contribution in [1.82, 2.24) is 5.32 Å². The molecule has 0 spiro atoms. The van der Waals surface area contributed by atoms with Gasteiger partial charge in [0.05, 0.1) is 24.0 Å². The van der Waals surface area contributed by atoms with E-state index in [1.165, 1.54) is 31.4 Å². The van der Waals surface area contributed by atoms with E-state index < -0.39 is 34.4 Å². The minimum atomic E-state index is -3.83. The summed E-state index contributed by atoms with van der Waals surface area (Å²) >= 11 is 0. The lowest BCUT2D eigenvalue weighted by molar-refractivity contribution is -0.147. The van der Waals surface area contributed by atoms with E-state index >= 15 is 0 Å². The predicted octanol–water partition coefficient (Wildman–Crippen LogP) is 0.644. The first-order chi connectivity index (χ1) is 14.2. The fourth-order valence-electron chi connectivity index (χ4n) is 2.35. The predicted molar refractivity (Wildman–Crippen MR) is 107 cm³/mol. The van der Waals surface area contributed by atoms with Gasteiger partial charge in [-0.1, -0.05) is 12.1 Å². The Bertz CT molecular complexity index is 1020. The zero-order chi connectivity index (χ0) is 22.1. The van der Waals surface area contributed by atoms with Gasteiger partial charge >= 0.3 is 5.97 Å². The highest BCUT2D eigenvalue weighted by Crippen LogP contribution is 2.16. The molecule has 11 heteroatoms. The molecule has 0 unspecified atom stereocenters. The molecule has 0 heterocycles. The molecular formula is C19H21N3O7S. The summed E-state index contributed by atoms with van der Waals surface area (Å²) in [4.78, 5) is 35.6. The Balaban J connectivity index is 1.72. The van der Waals surface area contributed by atoms with E-state index in [-0.39, 0.29) is 17.9 Å². The van der Waals surface area contributed by atoms with E-state index in [1.807, 2.05) is 0 Å². The van der Waals surface area contributed by atoms with Gasteiger partial charge in [0.1, 0.15) is 5.75 Å². The molecule has 10 nitrogen and oxygen atoms in total. The highest BCUT2D eigenvalue weighted by molar-refractivity contribution is 7.89. The third kappa shape index (κ3) is 6.87. The number of nitrogens with one attached hydrogen (secondary N) is 2. The average Bonchev–Trinajstić information content (AvgIpc) is 2.72. The number of methoxy groups -OCH3 is 1. The van der Waals surface area contributed by atoms with Crippen molar-refractivity contribution in [3.8, 4) is 5.75 Å². The molecule has 0 saturated heterocycles. The number of benzene rings is 2. The fourth-order valence-corrected chi connectivity index (χ4v) is 2.86. The van der Waals surface area contributed by atoms with E-state index in [0.29, 0.717) is 17.0 Å². The van der Waals surface area contributed by atoms with Gasteiger partial charge in [0.2, 0.25) is 10.0 Å². The minimum Gasteiger partial charge on any atom is -0.496 e. The first-order valence-corrected chi connectivity index (χ1v) is 10.2. The van der Waals surface area contributed by atoms with Crippen LogP contribution in [0.15, 0.2) is 53.4 Å². The standard InChI is InChI=1S/C19H21N3O7S/c1-28-16-5-3-2-4-15(16)19(25)21-11-10-18(24)29-12-17(23)22-13-6-8-14(9-7-13)30(20,26)27/h2-9H,10-12H2,1H3,(H,21,25)(H,22,23)(H2,20,26,27). The van der Waals surface area contributed by atoms with Crippen LogP contribution in [0.3, 0.4) is 0 Å². The van der Waals surface area contributed by atoms with Crippen LogP contribution in [0.25, 0.3) is 0 Å². The van der Waals surface area contributed by atoms with E-state index in [2.05, 4.69) is 10.6 Å². The Morgan fingerprint density at radius 2 is 1.70 bits per heavy atom. The molecule has 4 N–H and O–H groups in total. The number of rotatable bonds is 9. The second-order valence-corrected chi connectivity index (χ2v) is 7.55. The second kappa shape index (κ2) is 10.4. The van der Waals surface area contributed by atoms with Gasteiger partial charge in [-0.2, -0.15) is 0 Å². The van der Waals surface area contributed by atoms with Crippen LogP contribution in [0.4, 0.5) is 5.69 Å². The number of sulfonamides is 1. The van der Waals surface area contributed by atoms with Crippen LogP contribution >= 0.6 is 0 Å². The van der Waals surface area contributed by atoms with Gasteiger partial charge in [0.15, 0.2) is 6.61 Å². The molecule has 2 aromatic carbocycles. The Labute approximate surface area is 173 Å². The van der Waals surface area contributed by atoms with Crippen molar-refractivity contribution in [1.29, 1.82) is 0 Å². The van der Waals surface area contributed by atoms with Gasteiger partial charge in [-0.05, 0) is 36.4 Å². The molecular weight excluding hydrogens is 414 g/mol. The van der Waals surface area contributed by atoms with Gasteiger partial charge in [0.25, 0.3) is 11.8 Å². The van der Waals surface area contributed by atoms with E-state index in [1.54, 1.807) is 24.3 Å². The highest BCUT2D eigenvalue weighted by Gasteiger charge is 2.13. The third-order valence-corrected chi connectivity index (χ3v) is 4.73. The largest absolute Gasteiger partial charge is 0.496 e. The smallest absolute Gasteiger partial charge is 0.308 e. The molecule has 0 aromatic heterocycles. The number of carbonyl (C=O) groups excluding carboxylic acids is 3. The second-order valence-electron chi connectivity index (χ2n) is 5.98. The number of hydrogen-bond acceptors (Lipinski definition) is 7. The maximum Gasteiger partial charge on any atom is 0.308 e. The molecule has 0 fully saturated rings. The molecule has 0 atom stereocenters. The van der Waals surface area contributed by atoms with Gasteiger partial charge in [-0.15, -0.1) is 0 Å². The van der Waals surface area contributed by atoms with Crippen molar-refractivity contribution in [3.63, 3.8) is 0 Å². The number of amides is 2. The summed E-state index contributed by atoms with van der Waals surface area (Å²) in [6, 6.07) is 11.8. The van der Waals surface area contributed by atoms with Crippen molar-refractivity contribution < 1.29 is 32.3 Å². The van der Waals surface area contributed by atoms with Crippen LogP contribution < -0.4 is 20.5 Å². The average molecular weight is 435 g/mol. The van der Waals surface area contributed by atoms with Crippen LogP contribution in [0.1, 0.15) is 16.8 Å². The molecule has 2 aromatic rings. The minimum absolute atomic E-state index is 0.0202. The SMILES string of the molecule is COc1ccccc1C(=O)NCCC(=O)OCC(=O)Nc1ccc(S(N)(=O)=O)cc1. The Kier molecular flexibility index (Phi) is 7.90. The third-order valence-electron chi connectivity index (χ3n) is 3.80. The molecule has 0 bridgehead atoms. The van der Waals surface area contributed by atoms with E-state index in [0.717, 1.165) is 0 Å². The normalized spacial score (nSPS) is 10.7. The molecule has 0 aliphatic rings. The number of ether oxygens (including phenoxy) is 2. The number of primary sulfonamides is 1. The zero-order valence-electron chi connectivity index (χ0n) is 16.1. The van der Waals surface area contributed by atoms with Crippen LogP contribution in [-0.2, 0) is 24.3 Å². The molecule has 2 amide bonds. The summed E-state index contributed by atoms with van der Waals surface area (Å²) in [6.45, 7) is -0.511. The molecule has 0 saturated carbocycles. The molecule has 160 valence electrons. The highest BCUT2D eigenvalue weighted by atomic mass is 32.2. The van der Waals surface area contributed by atoms with Gasteiger partial charge in [-0.25, -0.2) is 13.6 Å². The van der Waals surface area contributed by atoms with E-state index in [9.17, 15) is 22.8 Å². The number of carbonyl (C=O) groups is 3. The fraction of sp³-hybridized carbons (Fsp3) is 0.211.